The molecular weight excluding hydrogens is 671 g/mol. The number of rotatable bonds is 11. The van der Waals surface area contributed by atoms with Crippen LogP contribution >= 0.6 is 0 Å². The monoisotopic (exact) mass is 717 g/mol. The van der Waals surface area contributed by atoms with Gasteiger partial charge in [0.05, 0.1) is 16.9 Å². The van der Waals surface area contributed by atoms with E-state index in [1.54, 1.807) is 19.2 Å². The lowest BCUT2D eigenvalue weighted by Gasteiger charge is -2.56. The quantitative estimate of drug-likeness (QED) is 0.175. The van der Waals surface area contributed by atoms with Gasteiger partial charge in [0.25, 0.3) is 21.6 Å². The molecule has 3 heterocycles. The number of nitrogens with one attached hydrogen (secondary N) is 2. The molecule has 3 aliphatic heterocycles. The number of carbonyl (C=O) groups excluding carboxylic acids is 1. The molecule has 51 heavy (non-hydrogen) atoms. The van der Waals surface area contributed by atoms with Gasteiger partial charge in [-0.2, -0.15) is 0 Å². The van der Waals surface area contributed by atoms with E-state index in [1.807, 2.05) is 18.2 Å². The number of likely N-dealkylation sites (tertiary alicyclic amines) is 1. The maximum absolute atomic E-state index is 13.1. The predicted octanol–water partition coefficient (Wildman–Crippen LogP) is 6.15. The highest BCUT2D eigenvalue weighted by Gasteiger charge is 2.50. The SMILES string of the molecule is COc1ccccc1[C@@H]1CCCN1C1CC2(CCN(c3ccc(C(=O)NS(=O)(=O)c4ccc(NCC5CCOCC5)c([N+](=O)[O-])c4)cc3)CC2)C1. The fourth-order valence-corrected chi connectivity index (χ4v) is 9.56. The van der Waals surface area contributed by atoms with Crippen LogP contribution in [0.4, 0.5) is 17.1 Å². The van der Waals surface area contributed by atoms with Crippen LogP contribution in [-0.2, 0) is 14.8 Å². The molecule has 0 aromatic heterocycles. The highest BCUT2D eigenvalue weighted by Crippen LogP contribution is 2.54. The van der Waals surface area contributed by atoms with Crippen molar-refractivity contribution in [3.05, 3.63) is 88.0 Å². The zero-order valence-electron chi connectivity index (χ0n) is 29.1. The maximum Gasteiger partial charge on any atom is 0.293 e. The van der Waals surface area contributed by atoms with Gasteiger partial charge in [-0.15, -0.1) is 0 Å². The zero-order chi connectivity index (χ0) is 35.6. The number of nitro groups is 1. The van der Waals surface area contributed by atoms with E-state index in [-0.39, 0.29) is 21.8 Å². The molecule has 13 heteroatoms. The largest absolute Gasteiger partial charge is 0.496 e. The molecule has 7 rings (SSSR count). The molecule has 4 fully saturated rings. The van der Waals surface area contributed by atoms with E-state index in [2.05, 4.69) is 38.0 Å². The van der Waals surface area contributed by atoms with Crippen LogP contribution < -0.4 is 19.7 Å². The number of anilines is 2. The average molecular weight is 718 g/mol. The molecule has 1 atom stereocenters. The van der Waals surface area contributed by atoms with Gasteiger partial charge in [0.1, 0.15) is 11.4 Å². The number of amides is 1. The van der Waals surface area contributed by atoms with Crippen molar-refractivity contribution in [3.8, 4) is 5.75 Å². The molecule has 0 radical (unpaired) electrons. The smallest absolute Gasteiger partial charge is 0.293 e. The Morgan fingerprint density at radius 2 is 1.73 bits per heavy atom. The molecule has 12 nitrogen and oxygen atoms in total. The number of carbonyl (C=O) groups is 1. The fourth-order valence-electron chi connectivity index (χ4n) is 8.57. The van der Waals surface area contributed by atoms with Gasteiger partial charge in [0.15, 0.2) is 0 Å². The van der Waals surface area contributed by atoms with Crippen LogP contribution in [0.2, 0.25) is 0 Å². The number of sulfonamides is 1. The van der Waals surface area contributed by atoms with Crippen LogP contribution in [0.15, 0.2) is 71.6 Å². The molecule has 1 saturated carbocycles. The Morgan fingerprint density at radius 1 is 1.00 bits per heavy atom. The minimum Gasteiger partial charge on any atom is -0.496 e. The Morgan fingerprint density at radius 3 is 2.43 bits per heavy atom. The van der Waals surface area contributed by atoms with Crippen molar-refractivity contribution in [2.45, 2.75) is 68.3 Å². The van der Waals surface area contributed by atoms with Crippen LogP contribution in [0.1, 0.15) is 73.3 Å². The third-order valence-electron chi connectivity index (χ3n) is 11.5. The van der Waals surface area contributed by atoms with E-state index < -0.39 is 20.9 Å². The molecule has 272 valence electrons. The number of ether oxygens (including phenoxy) is 2. The van der Waals surface area contributed by atoms with Gasteiger partial charge in [0, 0.05) is 67.8 Å². The molecule has 1 spiro atoms. The Hall–Kier alpha value is -4.20. The van der Waals surface area contributed by atoms with Crippen LogP contribution in [0.25, 0.3) is 0 Å². The van der Waals surface area contributed by atoms with E-state index in [0.29, 0.717) is 43.2 Å². The first-order chi connectivity index (χ1) is 24.6. The summed E-state index contributed by atoms with van der Waals surface area (Å²) in [6.07, 6.45) is 8.77. The lowest BCUT2D eigenvalue weighted by Crippen LogP contribution is -2.54. The summed E-state index contributed by atoms with van der Waals surface area (Å²) in [7, 11) is -2.61. The van der Waals surface area contributed by atoms with Crippen molar-refractivity contribution in [1.29, 1.82) is 0 Å². The third kappa shape index (κ3) is 7.56. The number of piperidine rings is 1. The van der Waals surface area contributed by atoms with Gasteiger partial charge in [-0.1, -0.05) is 18.2 Å². The van der Waals surface area contributed by atoms with Gasteiger partial charge < -0.3 is 19.7 Å². The molecule has 4 aliphatic rings. The van der Waals surface area contributed by atoms with Crippen molar-refractivity contribution < 1.29 is 27.6 Å². The molecule has 0 unspecified atom stereocenters. The summed E-state index contributed by atoms with van der Waals surface area (Å²) in [6.45, 7) is 4.83. The average Bonchev–Trinajstić information content (AvgIpc) is 3.62. The summed E-state index contributed by atoms with van der Waals surface area (Å²) in [5.41, 5.74) is 2.73. The van der Waals surface area contributed by atoms with E-state index >= 15 is 0 Å². The van der Waals surface area contributed by atoms with Crippen molar-refractivity contribution in [2.24, 2.45) is 11.3 Å². The minimum absolute atomic E-state index is 0.192. The van der Waals surface area contributed by atoms with E-state index in [1.165, 1.54) is 43.4 Å². The molecule has 3 aromatic rings. The molecule has 1 amide bonds. The number of benzene rings is 3. The molecule has 1 aliphatic carbocycles. The van der Waals surface area contributed by atoms with Crippen LogP contribution in [0.5, 0.6) is 5.75 Å². The van der Waals surface area contributed by atoms with Crippen LogP contribution in [0.3, 0.4) is 0 Å². The fraction of sp³-hybridized carbons (Fsp3) is 0.500. The Labute approximate surface area is 299 Å². The second-order valence-corrected chi connectivity index (χ2v) is 16.2. The Kier molecular flexibility index (Phi) is 10.2. The molecule has 3 aromatic carbocycles. The minimum atomic E-state index is -4.36. The second-order valence-electron chi connectivity index (χ2n) is 14.5. The first-order valence-electron chi connectivity index (χ1n) is 18.1. The summed E-state index contributed by atoms with van der Waals surface area (Å²) in [5, 5.41) is 14.9. The lowest BCUT2D eigenvalue weighted by molar-refractivity contribution is -0.384. The summed E-state index contributed by atoms with van der Waals surface area (Å²) in [4.78, 5) is 28.9. The zero-order valence-corrected chi connectivity index (χ0v) is 29.9. The predicted molar refractivity (Wildman–Crippen MR) is 195 cm³/mol. The first-order valence-corrected chi connectivity index (χ1v) is 19.5. The standard InChI is InChI=1S/C38H47N5O7S/c1-49-36-7-3-2-5-32(36)34-6-4-18-42(34)30-24-38(25-30)16-19-41(20-17-38)29-10-8-28(9-11-29)37(44)40-51(47,48)31-12-13-33(35(23-31)43(45)46)39-26-27-14-21-50-22-15-27/h2-3,5,7-13,23,27,30,34,39H,4,6,14-22,24-26H2,1H3,(H,40,44)/t34-/m0/s1. The third-order valence-corrected chi connectivity index (χ3v) is 12.9. The van der Waals surface area contributed by atoms with Crippen LogP contribution in [0, 0.1) is 21.4 Å². The number of methoxy groups -OCH3 is 1. The van der Waals surface area contributed by atoms with E-state index in [4.69, 9.17) is 9.47 Å². The summed E-state index contributed by atoms with van der Waals surface area (Å²) in [5.74, 6) is 0.499. The van der Waals surface area contributed by atoms with Crippen molar-refractivity contribution in [3.63, 3.8) is 0 Å². The van der Waals surface area contributed by atoms with Gasteiger partial charge in [-0.25, -0.2) is 13.1 Å². The summed E-state index contributed by atoms with van der Waals surface area (Å²) < 4.78 is 39.4. The number of nitrogens with zero attached hydrogens (tertiary/aromatic N) is 3. The Bertz CT molecular complexity index is 1830. The number of hydrogen-bond donors (Lipinski definition) is 2. The molecule has 0 bridgehead atoms. The topological polar surface area (TPSA) is 143 Å². The summed E-state index contributed by atoms with van der Waals surface area (Å²) >= 11 is 0. The number of nitro benzene ring substituents is 1. The number of para-hydroxylation sites is 1. The van der Waals surface area contributed by atoms with Crippen molar-refractivity contribution >= 4 is 33.0 Å². The Balaban J connectivity index is 0.921. The maximum atomic E-state index is 13.1. The van der Waals surface area contributed by atoms with Gasteiger partial charge in [-0.05, 0) is 112 Å². The second kappa shape index (κ2) is 14.8. The lowest BCUT2D eigenvalue weighted by atomic mass is 9.60. The van der Waals surface area contributed by atoms with Crippen LogP contribution in [-0.4, -0.2) is 76.7 Å². The summed E-state index contributed by atoms with van der Waals surface area (Å²) in [6, 6.07) is 20.0. The molecule has 3 saturated heterocycles. The van der Waals surface area contributed by atoms with E-state index in [0.717, 1.165) is 62.8 Å². The first kappa shape index (κ1) is 35.2. The molecule has 2 N–H and O–H groups in total. The van der Waals surface area contributed by atoms with Gasteiger partial charge in [-0.3, -0.25) is 19.8 Å². The van der Waals surface area contributed by atoms with E-state index in [9.17, 15) is 23.3 Å². The van der Waals surface area contributed by atoms with Crippen molar-refractivity contribution in [1.82, 2.24) is 9.62 Å². The van der Waals surface area contributed by atoms with Gasteiger partial charge >= 0.3 is 0 Å². The van der Waals surface area contributed by atoms with Crippen molar-refractivity contribution in [2.75, 3.05) is 56.7 Å². The normalized spacial score (nSPS) is 21.3. The highest BCUT2D eigenvalue weighted by molar-refractivity contribution is 7.90. The highest BCUT2D eigenvalue weighted by atomic mass is 32.2. The molecular formula is C38H47N5O7S. The van der Waals surface area contributed by atoms with Gasteiger partial charge in [0.2, 0.25) is 0 Å². The number of hydrogen-bond acceptors (Lipinski definition) is 10.